The lowest BCUT2D eigenvalue weighted by molar-refractivity contribution is -0.121. The molecule has 0 aliphatic rings. The molecule has 1 aromatic carbocycles. The van der Waals surface area contributed by atoms with Gasteiger partial charge in [-0.05, 0) is 19.4 Å². The molecular weight excluding hydrogens is 254 g/mol. The summed E-state index contributed by atoms with van der Waals surface area (Å²) in [6, 6.07) is 9.68. The lowest BCUT2D eigenvalue weighted by atomic mass is 10.1. The van der Waals surface area contributed by atoms with E-state index in [2.05, 4.69) is 15.8 Å². The quantitative estimate of drug-likeness (QED) is 0.617. The molecule has 2 amide bonds. The van der Waals surface area contributed by atoms with Gasteiger partial charge in [-0.3, -0.25) is 9.59 Å². The van der Waals surface area contributed by atoms with Gasteiger partial charge in [-0.15, -0.1) is 0 Å². The number of nitrogens with zero attached hydrogens (tertiary/aromatic N) is 1. The van der Waals surface area contributed by atoms with Gasteiger partial charge in [0.15, 0.2) is 0 Å². The lowest BCUT2D eigenvalue weighted by Gasteiger charge is -2.14. The number of carbonyl (C=O) groups is 2. The van der Waals surface area contributed by atoms with Crippen molar-refractivity contribution in [2.24, 2.45) is 5.10 Å². The Hall–Kier alpha value is -2.17. The molecule has 5 heteroatoms. The third-order valence-electron chi connectivity index (χ3n) is 2.79. The van der Waals surface area contributed by atoms with Crippen LogP contribution in [-0.2, 0) is 9.59 Å². The smallest absolute Gasteiger partial charge is 0.239 e. The second-order valence-electron chi connectivity index (χ2n) is 4.61. The molecule has 1 rings (SSSR count). The zero-order valence-corrected chi connectivity index (χ0v) is 12.1. The van der Waals surface area contributed by atoms with Gasteiger partial charge in [-0.1, -0.05) is 37.3 Å². The largest absolute Gasteiger partial charge is 0.349 e. The first kappa shape index (κ1) is 15.9. The molecule has 0 heterocycles. The summed E-state index contributed by atoms with van der Waals surface area (Å²) in [5, 5.41) is 6.77. The molecule has 0 saturated heterocycles. The molecule has 0 aliphatic carbocycles. The first-order valence-corrected chi connectivity index (χ1v) is 6.69. The first-order chi connectivity index (χ1) is 9.52. The van der Waals surface area contributed by atoms with E-state index in [1.807, 2.05) is 37.3 Å². The molecule has 5 nitrogen and oxygen atoms in total. The summed E-state index contributed by atoms with van der Waals surface area (Å²) in [5.41, 5.74) is 4.02. The summed E-state index contributed by atoms with van der Waals surface area (Å²) < 4.78 is 0. The number of carbonyl (C=O) groups excluding carboxylic acids is 2. The Morgan fingerprint density at radius 1 is 1.20 bits per heavy atom. The van der Waals surface area contributed by atoms with Gasteiger partial charge in [-0.25, -0.2) is 5.43 Å². The molecule has 0 saturated carbocycles. The highest BCUT2D eigenvalue weighted by molar-refractivity contribution is 6.00. The van der Waals surface area contributed by atoms with Crippen molar-refractivity contribution >= 4 is 17.5 Å². The SMILES string of the molecule is CCC(=O)N/N=C(\C)CC(=O)NC(C)c1ccccc1. The summed E-state index contributed by atoms with van der Waals surface area (Å²) in [6.07, 6.45) is 0.537. The average Bonchev–Trinajstić information content (AvgIpc) is 2.45. The normalized spacial score (nSPS) is 12.7. The van der Waals surface area contributed by atoms with Gasteiger partial charge in [0.2, 0.25) is 11.8 Å². The molecule has 108 valence electrons. The van der Waals surface area contributed by atoms with Crippen LogP contribution in [0, 0.1) is 0 Å². The maximum absolute atomic E-state index is 11.8. The van der Waals surface area contributed by atoms with Crippen molar-refractivity contribution < 1.29 is 9.59 Å². The second-order valence-corrected chi connectivity index (χ2v) is 4.61. The third kappa shape index (κ3) is 5.65. The molecular formula is C15H21N3O2. The highest BCUT2D eigenvalue weighted by atomic mass is 16.2. The Bertz CT molecular complexity index is 483. The average molecular weight is 275 g/mol. The van der Waals surface area contributed by atoms with Crippen LogP contribution in [0.1, 0.15) is 45.2 Å². The van der Waals surface area contributed by atoms with Gasteiger partial charge < -0.3 is 5.32 Å². The van der Waals surface area contributed by atoms with Gasteiger partial charge in [0.25, 0.3) is 0 Å². The summed E-state index contributed by atoms with van der Waals surface area (Å²) in [4.78, 5) is 22.9. The zero-order valence-electron chi connectivity index (χ0n) is 12.1. The topological polar surface area (TPSA) is 70.6 Å². The number of rotatable bonds is 6. The maximum Gasteiger partial charge on any atom is 0.239 e. The molecule has 0 radical (unpaired) electrons. The Labute approximate surface area is 119 Å². The molecule has 0 aromatic heterocycles. The van der Waals surface area contributed by atoms with Gasteiger partial charge in [0.1, 0.15) is 0 Å². The van der Waals surface area contributed by atoms with Crippen LogP contribution in [0.2, 0.25) is 0 Å². The summed E-state index contributed by atoms with van der Waals surface area (Å²) in [6.45, 7) is 5.38. The van der Waals surface area contributed by atoms with Crippen molar-refractivity contribution in [1.82, 2.24) is 10.7 Å². The molecule has 0 fully saturated rings. The van der Waals surface area contributed by atoms with Gasteiger partial charge in [0.05, 0.1) is 12.5 Å². The van der Waals surface area contributed by atoms with Crippen molar-refractivity contribution in [3.8, 4) is 0 Å². The van der Waals surface area contributed by atoms with E-state index in [1.54, 1.807) is 13.8 Å². The number of hydrazone groups is 1. The number of hydrogen-bond acceptors (Lipinski definition) is 3. The number of hydrogen-bond donors (Lipinski definition) is 2. The Kier molecular flexibility index (Phi) is 6.43. The van der Waals surface area contributed by atoms with E-state index >= 15 is 0 Å². The van der Waals surface area contributed by atoms with Crippen molar-refractivity contribution in [3.05, 3.63) is 35.9 Å². The zero-order chi connectivity index (χ0) is 15.0. The minimum absolute atomic E-state index is 0.0540. The molecule has 1 atom stereocenters. The maximum atomic E-state index is 11.8. The number of nitrogens with one attached hydrogen (secondary N) is 2. The first-order valence-electron chi connectivity index (χ1n) is 6.69. The molecule has 1 unspecified atom stereocenters. The van der Waals surface area contributed by atoms with E-state index in [1.165, 1.54) is 0 Å². The molecule has 20 heavy (non-hydrogen) atoms. The highest BCUT2D eigenvalue weighted by Gasteiger charge is 2.10. The Balaban J connectivity index is 2.45. The summed E-state index contributed by atoms with van der Waals surface area (Å²) >= 11 is 0. The standard InChI is InChI=1S/C15H21N3O2/c1-4-14(19)18-17-11(2)10-15(20)16-12(3)13-8-6-5-7-9-13/h5-9,12H,4,10H2,1-3H3,(H,16,20)(H,18,19)/b17-11+. The predicted molar refractivity (Wildman–Crippen MR) is 79.2 cm³/mol. The van der Waals surface area contributed by atoms with Gasteiger partial charge in [-0.2, -0.15) is 5.10 Å². The van der Waals surface area contributed by atoms with E-state index in [0.29, 0.717) is 12.1 Å². The minimum Gasteiger partial charge on any atom is -0.349 e. The van der Waals surface area contributed by atoms with Crippen molar-refractivity contribution in [1.29, 1.82) is 0 Å². The monoisotopic (exact) mass is 275 g/mol. The molecule has 0 aliphatic heterocycles. The fourth-order valence-electron chi connectivity index (χ4n) is 1.63. The van der Waals surface area contributed by atoms with Crippen LogP contribution in [-0.4, -0.2) is 17.5 Å². The van der Waals surface area contributed by atoms with Crippen LogP contribution in [0.3, 0.4) is 0 Å². The van der Waals surface area contributed by atoms with Gasteiger partial charge >= 0.3 is 0 Å². The van der Waals surface area contributed by atoms with E-state index < -0.39 is 0 Å². The number of benzene rings is 1. The van der Waals surface area contributed by atoms with Crippen LogP contribution >= 0.6 is 0 Å². The Morgan fingerprint density at radius 2 is 1.85 bits per heavy atom. The number of amides is 2. The van der Waals surface area contributed by atoms with E-state index in [-0.39, 0.29) is 24.3 Å². The van der Waals surface area contributed by atoms with Crippen LogP contribution in [0.4, 0.5) is 0 Å². The second kappa shape index (κ2) is 8.09. The van der Waals surface area contributed by atoms with Crippen LogP contribution < -0.4 is 10.7 Å². The van der Waals surface area contributed by atoms with Gasteiger partial charge in [0, 0.05) is 12.1 Å². The van der Waals surface area contributed by atoms with Crippen LogP contribution in [0.25, 0.3) is 0 Å². The van der Waals surface area contributed by atoms with Crippen molar-refractivity contribution in [2.75, 3.05) is 0 Å². The fraction of sp³-hybridized carbons (Fsp3) is 0.400. The molecule has 0 spiro atoms. The van der Waals surface area contributed by atoms with Crippen LogP contribution in [0.15, 0.2) is 35.4 Å². The third-order valence-corrected chi connectivity index (χ3v) is 2.79. The summed E-state index contributed by atoms with van der Waals surface area (Å²) in [7, 11) is 0. The fourth-order valence-corrected chi connectivity index (χ4v) is 1.63. The van der Waals surface area contributed by atoms with Crippen LogP contribution in [0.5, 0.6) is 0 Å². The van der Waals surface area contributed by atoms with E-state index in [0.717, 1.165) is 5.56 Å². The van der Waals surface area contributed by atoms with Crippen molar-refractivity contribution in [3.63, 3.8) is 0 Å². The van der Waals surface area contributed by atoms with E-state index in [4.69, 9.17) is 0 Å². The van der Waals surface area contributed by atoms with E-state index in [9.17, 15) is 9.59 Å². The summed E-state index contributed by atoms with van der Waals surface area (Å²) in [5.74, 6) is -0.282. The highest BCUT2D eigenvalue weighted by Crippen LogP contribution is 2.11. The minimum atomic E-state index is -0.164. The lowest BCUT2D eigenvalue weighted by Crippen LogP contribution is -2.28. The molecule has 0 bridgehead atoms. The molecule has 2 N–H and O–H groups in total. The Morgan fingerprint density at radius 3 is 2.45 bits per heavy atom. The van der Waals surface area contributed by atoms with Crippen molar-refractivity contribution in [2.45, 2.75) is 39.7 Å². The predicted octanol–water partition coefficient (Wildman–Crippen LogP) is 2.16. The molecule has 1 aromatic rings.